The number of primary amides is 1. The number of rotatable bonds is 11. The summed E-state index contributed by atoms with van der Waals surface area (Å²) in [6, 6.07) is 3.85. The highest BCUT2D eigenvalue weighted by atomic mass is 16.3. The molecule has 3 atom stereocenters. The Hall–Kier alpha value is -3.63. The van der Waals surface area contributed by atoms with Gasteiger partial charge in [0.15, 0.2) is 0 Å². The Kier molecular flexibility index (Phi) is 10.0. The van der Waals surface area contributed by atoms with Crippen LogP contribution in [0.2, 0.25) is 0 Å². The summed E-state index contributed by atoms with van der Waals surface area (Å²) in [6.07, 6.45) is 8.36. The third-order valence-corrected chi connectivity index (χ3v) is 9.01. The Labute approximate surface area is 253 Å². The lowest BCUT2D eigenvalue weighted by Crippen LogP contribution is -2.62. The van der Waals surface area contributed by atoms with Gasteiger partial charge in [-0.3, -0.25) is 19.2 Å². The summed E-state index contributed by atoms with van der Waals surface area (Å²) < 4.78 is 0. The molecule has 0 radical (unpaired) electrons. The lowest BCUT2D eigenvalue weighted by Gasteiger charge is -2.40. The molecule has 0 aromatic heterocycles. The SMILES string of the molecule is CC(C)(C)C(NC(=O)NC1(Cc2cccc(O)c2)CCCCC1)C(=O)N1CCCC1C(=O)NC(CC1CC1)C(=O)C(N)=O. The van der Waals surface area contributed by atoms with Gasteiger partial charge in [0.1, 0.15) is 17.8 Å². The van der Waals surface area contributed by atoms with Crippen LogP contribution in [0.4, 0.5) is 4.79 Å². The van der Waals surface area contributed by atoms with Crippen LogP contribution in [0.25, 0.3) is 0 Å². The van der Waals surface area contributed by atoms with Gasteiger partial charge in [-0.25, -0.2) is 4.79 Å². The summed E-state index contributed by atoms with van der Waals surface area (Å²) in [4.78, 5) is 66.4. The van der Waals surface area contributed by atoms with Crippen molar-refractivity contribution in [2.45, 2.75) is 115 Å². The summed E-state index contributed by atoms with van der Waals surface area (Å²) >= 11 is 0. The summed E-state index contributed by atoms with van der Waals surface area (Å²) in [5.74, 6) is -2.34. The first kappa shape index (κ1) is 32.3. The summed E-state index contributed by atoms with van der Waals surface area (Å²) in [7, 11) is 0. The Morgan fingerprint density at radius 3 is 2.33 bits per heavy atom. The number of aromatic hydroxyl groups is 1. The standard InChI is InChI=1S/C32H47N5O6/c1-31(2,3)26(35-30(43)36-32(14-5-4-6-15-32)19-21-9-7-10-22(38)17-21)29(42)37-16-8-11-24(37)28(41)34-23(18-20-12-13-20)25(39)27(33)40/h7,9-10,17,20,23-24,26,38H,4-6,8,11-16,18-19H2,1-3H3,(H2,33,40)(H,34,41)(H2,35,36,43). The number of carbonyl (C=O) groups excluding carboxylic acids is 5. The summed E-state index contributed by atoms with van der Waals surface area (Å²) in [5.41, 5.74) is 4.98. The van der Waals surface area contributed by atoms with E-state index in [2.05, 4.69) is 16.0 Å². The predicted molar refractivity (Wildman–Crippen MR) is 161 cm³/mol. The molecule has 236 valence electrons. The number of likely N-dealkylation sites (tertiary alicyclic amines) is 1. The molecule has 43 heavy (non-hydrogen) atoms. The van der Waals surface area contributed by atoms with Crippen molar-refractivity contribution in [1.82, 2.24) is 20.9 Å². The first-order chi connectivity index (χ1) is 20.3. The van der Waals surface area contributed by atoms with E-state index < -0.39 is 52.7 Å². The number of amides is 5. The number of hydrogen-bond donors (Lipinski definition) is 5. The van der Waals surface area contributed by atoms with Crippen molar-refractivity contribution in [3.8, 4) is 5.75 Å². The molecule has 3 aliphatic rings. The Balaban J connectivity index is 1.46. The molecule has 11 nitrogen and oxygen atoms in total. The normalized spacial score (nSPS) is 21.4. The smallest absolute Gasteiger partial charge is 0.315 e. The van der Waals surface area contributed by atoms with Crippen molar-refractivity contribution in [3.63, 3.8) is 0 Å². The van der Waals surface area contributed by atoms with Crippen molar-refractivity contribution in [3.05, 3.63) is 29.8 Å². The van der Waals surface area contributed by atoms with E-state index in [9.17, 15) is 29.1 Å². The van der Waals surface area contributed by atoms with Gasteiger partial charge in [-0.05, 0) is 67.6 Å². The van der Waals surface area contributed by atoms with Gasteiger partial charge in [0.25, 0.3) is 5.91 Å². The number of phenols is 1. The van der Waals surface area contributed by atoms with E-state index in [0.717, 1.165) is 50.5 Å². The monoisotopic (exact) mass is 597 g/mol. The fraction of sp³-hybridized carbons (Fsp3) is 0.656. The van der Waals surface area contributed by atoms with Crippen LogP contribution >= 0.6 is 0 Å². The van der Waals surface area contributed by atoms with E-state index >= 15 is 0 Å². The second kappa shape index (κ2) is 13.3. The van der Waals surface area contributed by atoms with E-state index in [1.165, 1.54) is 4.90 Å². The zero-order valence-corrected chi connectivity index (χ0v) is 25.6. The molecule has 1 aliphatic heterocycles. The topological polar surface area (TPSA) is 171 Å². The van der Waals surface area contributed by atoms with Gasteiger partial charge in [0.2, 0.25) is 17.6 Å². The number of urea groups is 1. The molecule has 5 amide bonds. The van der Waals surface area contributed by atoms with Gasteiger partial charge in [-0.1, -0.05) is 65.0 Å². The summed E-state index contributed by atoms with van der Waals surface area (Å²) in [5, 5.41) is 18.8. The maximum absolute atomic E-state index is 14.0. The fourth-order valence-electron chi connectivity index (χ4n) is 6.52. The highest BCUT2D eigenvalue weighted by Gasteiger charge is 2.44. The molecule has 1 aromatic carbocycles. The van der Waals surface area contributed by atoms with Gasteiger partial charge in [-0.2, -0.15) is 0 Å². The molecule has 1 heterocycles. The molecule has 11 heteroatoms. The highest BCUT2D eigenvalue weighted by molar-refractivity contribution is 6.37. The number of ketones is 1. The number of Topliss-reactive ketones (excluding diaryl/α,β-unsaturated/α-hetero) is 1. The van der Waals surface area contributed by atoms with Crippen LogP contribution in [0.1, 0.15) is 90.5 Å². The molecular formula is C32H47N5O6. The van der Waals surface area contributed by atoms with E-state index in [4.69, 9.17) is 5.73 Å². The van der Waals surface area contributed by atoms with Crippen LogP contribution in [-0.4, -0.2) is 69.8 Å². The predicted octanol–water partition coefficient (Wildman–Crippen LogP) is 2.68. The van der Waals surface area contributed by atoms with Crippen LogP contribution in [0.5, 0.6) is 5.75 Å². The second-order valence-electron chi connectivity index (χ2n) is 13.7. The van der Waals surface area contributed by atoms with Crippen molar-refractivity contribution >= 4 is 29.5 Å². The van der Waals surface area contributed by atoms with Crippen LogP contribution < -0.4 is 21.7 Å². The highest BCUT2D eigenvalue weighted by Crippen LogP contribution is 2.34. The van der Waals surface area contributed by atoms with Crippen LogP contribution in [0, 0.1) is 11.3 Å². The van der Waals surface area contributed by atoms with E-state index in [1.807, 2.05) is 26.8 Å². The first-order valence-electron chi connectivity index (χ1n) is 15.6. The molecular weight excluding hydrogens is 550 g/mol. The van der Waals surface area contributed by atoms with E-state index in [-0.39, 0.29) is 17.6 Å². The van der Waals surface area contributed by atoms with Crippen LogP contribution in [0.15, 0.2) is 24.3 Å². The molecule has 0 spiro atoms. The molecule has 3 fully saturated rings. The molecule has 0 bridgehead atoms. The molecule has 2 saturated carbocycles. The van der Waals surface area contributed by atoms with Gasteiger partial charge < -0.3 is 31.7 Å². The minimum Gasteiger partial charge on any atom is -0.508 e. The zero-order chi connectivity index (χ0) is 31.4. The Morgan fingerprint density at radius 2 is 1.72 bits per heavy atom. The quantitative estimate of drug-likeness (QED) is 0.246. The maximum atomic E-state index is 14.0. The van der Waals surface area contributed by atoms with E-state index in [0.29, 0.717) is 32.2 Å². The van der Waals surface area contributed by atoms with E-state index in [1.54, 1.807) is 18.2 Å². The van der Waals surface area contributed by atoms with Crippen molar-refractivity contribution in [2.75, 3.05) is 6.54 Å². The summed E-state index contributed by atoms with van der Waals surface area (Å²) in [6.45, 7) is 5.93. The van der Waals surface area contributed by atoms with Gasteiger partial charge in [0.05, 0.1) is 6.04 Å². The van der Waals surface area contributed by atoms with Gasteiger partial charge in [0, 0.05) is 12.1 Å². The minimum atomic E-state index is -1.09. The number of hydrogen-bond acceptors (Lipinski definition) is 6. The number of benzene rings is 1. The van der Waals surface area contributed by atoms with Crippen molar-refractivity contribution in [1.29, 1.82) is 0 Å². The first-order valence-corrected chi connectivity index (χ1v) is 15.6. The van der Waals surface area contributed by atoms with Crippen molar-refractivity contribution < 1.29 is 29.1 Å². The molecule has 1 aromatic rings. The Morgan fingerprint density at radius 1 is 1.02 bits per heavy atom. The number of nitrogens with zero attached hydrogens (tertiary/aromatic N) is 1. The number of nitrogens with two attached hydrogens (primary N) is 1. The fourth-order valence-corrected chi connectivity index (χ4v) is 6.52. The molecule has 1 saturated heterocycles. The maximum Gasteiger partial charge on any atom is 0.315 e. The Bertz CT molecular complexity index is 1220. The van der Waals surface area contributed by atoms with Crippen LogP contribution in [0.3, 0.4) is 0 Å². The number of carbonyl (C=O) groups is 5. The molecule has 4 rings (SSSR count). The van der Waals surface area contributed by atoms with Crippen LogP contribution in [-0.2, 0) is 25.6 Å². The number of nitrogens with one attached hydrogen (secondary N) is 3. The third kappa shape index (κ3) is 8.48. The van der Waals surface area contributed by atoms with Crippen molar-refractivity contribution in [2.24, 2.45) is 17.1 Å². The second-order valence-corrected chi connectivity index (χ2v) is 13.7. The zero-order valence-electron chi connectivity index (χ0n) is 25.6. The third-order valence-electron chi connectivity index (χ3n) is 9.01. The number of phenolic OH excluding ortho intramolecular Hbond substituents is 1. The van der Waals surface area contributed by atoms with Gasteiger partial charge in [-0.15, -0.1) is 0 Å². The average molecular weight is 598 g/mol. The van der Waals surface area contributed by atoms with Gasteiger partial charge >= 0.3 is 6.03 Å². The lowest BCUT2D eigenvalue weighted by atomic mass is 9.77. The largest absolute Gasteiger partial charge is 0.508 e. The lowest BCUT2D eigenvalue weighted by molar-refractivity contribution is -0.143. The minimum absolute atomic E-state index is 0.174. The molecule has 3 unspecified atom stereocenters. The average Bonchev–Trinajstić information content (AvgIpc) is 3.61. The molecule has 2 aliphatic carbocycles. The molecule has 6 N–H and O–H groups in total.